The summed E-state index contributed by atoms with van der Waals surface area (Å²) in [7, 11) is 1.62. The van der Waals surface area contributed by atoms with E-state index in [1.54, 1.807) is 13.2 Å². The van der Waals surface area contributed by atoms with Crippen LogP contribution in [0.5, 0.6) is 5.75 Å². The highest BCUT2D eigenvalue weighted by Gasteiger charge is 2.34. The van der Waals surface area contributed by atoms with Crippen LogP contribution in [0.1, 0.15) is 53.3 Å². The molecule has 3 heterocycles. The fourth-order valence-electron chi connectivity index (χ4n) is 3.60. The molecule has 1 aliphatic heterocycles. The minimum Gasteiger partial charge on any atom is -0.497 e. The van der Waals surface area contributed by atoms with Crippen LogP contribution in [0.3, 0.4) is 0 Å². The number of rotatable bonds is 5. The van der Waals surface area contributed by atoms with E-state index in [-0.39, 0.29) is 11.8 Å². The number of hydrogen-bond acceptors (Lipinski definition) is 6. The summed E-state index contributed by atoms with van der Waals surface area (Å²) in [5.41, 5.74) is 2.08. The zero-order valence-corrected chi connectivity index (χ0v) is 15.6. The van der Waals surface area contributed by atoms with Gasteiger partial charge in [-0.3, -0.25) is 9.89 Å². The summed E-state index contributed by atoms with van der Waals surface area (Å²) in [6.07, 6.45) is 3.11. The summed E-state index contributed by atoms with van der Waals surface area (Å²) in [6.45, 7) is 1.25. The minimum atomic E-state index is -0.0638. The quantitative estimate of drug-likeness (QED) is 0.732. The molecule has 2 aliphatic rings. The van der Waals surface area contributed by atoms with Crippen LogP contribution in [0.15, 0.2) is 34.9 Å². The predicted molar refractivity (Wildman–Crippen MR) is 100 cm³/mol. The number of likely N-dealkylation sites (tertiary alicyclic amines) is 1. The van der Waals surface area contributed by atoms with E-state index in [4.69, 9.17) is 9.26 Å². The average molecular weight is 379 g/mol. The van der Waals surface area contributed by atoms with Gasteiger partial charge in [0.1, 0.15) is 11.4 Å². The van der Waals surface area contributed by atoms with Gasteiger partial charge in [-0.15, -0.1) is 0 Å². The Balaban J connectivity index is 1.28. The van der Waals surface area contributed by atoms with E-state index in [0.717, 1.165) is 36.4 Å². The molecule has 0 spiro atoms. The Morgan fingerprint density at radius 2 is 2.14 bits per heavy atom. The molecule has 28 heavy (non-hydrogen) atoms. The molecular weight excluding hydrogens is 358 g/mol. The van der Waals surface area contributed by atoms with Gasteiger partial charge < -0.3 is 14.2 Å². The van der Waals surface area contributed by atoms with Crippen LogP contribution in [0, 0.1) is 0 Å². The SMILES string of the molecule is COc1cccc(-c2cc(C(=O)N3CC[C@H](c4nc(C5CC5)no4)C3)[nH]n2)c1. The molecule has 8 nitrogen and oxygen atoms in total. The van der Waals surface area contributed by atoms with Crippen molar-refractivity contribution < 1.29 is 14.1 Å². The zero-order valence-electron chi connectivity index (χ0n) is 15.6. The van der Waals surface area contributed by atoms with Crippen LogP contribution in [0.2, 0.25) is 0 Å². The van der Waals surface area contributed by atoms with E-state index in [2.05, 4.69) is 20.3 Å². The van der Waals surface area contributed by atoms with Crippen molar-refractivity contribution in [3.63, 3.8) is 0 Å². The van der Waals surface area contributed by atoms with Crippen LogP contribution >= 0.6 is 0 Å². The van der Waals surface area contributed by atoms with Gasteiger partial charge in [0.15, 0.2) is 5.82 Å². The van der Waals surface area contributed by atoms with Gasteiger partial charge in [0.2, 0.25) is 5.89 Å². The molecule has 1 saturated heterocycles. The van der Waals surface area contributed by atoms with Crippen LogP contribution in [0.4, 0.5) is 0 Å². The predicted octanol–water partition coefficient (Wildman–Crippen LogP) is 2.98. The molecule has 1 aromatic carbocycles. The molecule has 0 radical (unpaired) electrons. The van der Waals surface area contributed by atoms with Gasteiger partial charge in [-0.1, -0.05) is 17.3 Å². The van der Waals surface area contributed by atoms with Crippen molar-refractivity contribution in [3.05, 3.63) is 47.7 Å². The molecule has 0 bridgehead atoms. The van der Waals surface area contributed by atoms with Crippen molar-refractivity contribution in [1.82, 2.24) is 25.2 Å². The molecule has 1 amide bonds. The molecule has 2 fully saturated rings. The number of amides is 1. The number of ether oxygens (including phenoxy) is 1. The molecule has 1 saturated carbocycles. The lowest BCUT2D eigenvalue weighted by Crippen LogP contribution is -2.28. The topological polar surface area (TPSA) is 97.1 Å². The van der Waals surface area contributed by atoms with E-state index in [1.165, 1.54) is 0 Å². The van der Waals surface area contributed by atoms with Gasteiger partial charge in [0, 0.05) is 24.6 Å². The molecule has 1 aliphatic carbocycles. The molecule has 1 N–H and O–H groups in total. The Kier molecular flexibility index (Phi) is 4.11. The first-order chi connectivity index (χ1) is 13.7. The molecule has 3 aromatic rings. The third-order valence-electron chi connectivity index (χ3n) is 5.40. The standard InChI is InChI=1S/C20H21N5O3/c1-27-15-4-2-3-13(9-15)16-10-17(23-22-16)20(26)25-8-7-14(11-25)19-21-18(24-28-19)12-5-6-12/h2-4,9-10,12,14H,5-8,11H2,1H3,(H,22,23)/t14-/m0/s1. The number of methoxy groups -OCH3 is 1. The van der Waals surface area contributed by atoms with Crippen molar-refractivity contribution in [2.45, 2.75) is 31.1 Å². The number of aromatic amines is 1. The molecular formula is C20H21N5O3. The van der Waals surface area contributed by atoms with E-state index in [1.807, 2.05) is 29.2 Å². The fourth-order valence-corrected chi connectivity index (χ4v) is 3.60. The molecule has 2 aromatic heterocycles. The van der Waals surface area contributed by atoms with Crippen molar-refractivity contribution in [1.29, 1.82) is 0 Å². The van der Waals surface area contributed by atoms with Crippen LogP contribution in [0.25, 0.3) is 11.3 Å². The number of hydrogen-bond donors (Lipinski definition) is 1. The van der Waals surface area contributed by atoms with Crippen LogP contribution < -0.4 is 4.74 Å². The van der Waals surface area contributed by atoms with Gasteiger partial charge in [-0.25, -0.2) is 0 Å². The van der Waals surface area contributed by atoms with Gasteiger partial charge in [-0.05, 0) is 37.5 Å². The van der Waals surface area contributed by atoms with Gasteiger partial charge >= 0.3 is 0 Å². The lowest BCUT2D eigenvalue weighted by molar-refractivity contribution is 0.0783. The van der Waals surface area contributed by atoms with E-state index >= 15 is 0 Å². The van der Waals surface area contributed by atoms with Crippen molar-refractivity contribution >= 4 is 5.91 Å². The molecule has 144 valence electrons. The monoisotopic (exact) mass is 379 g/mol. The third kappa shape index (κ3) is 3.15. The number of H-pyrrole nitrogens is 1. The lowest BCUT2D eigenvalue weighted by atomic mass is 10.1. The summed E-state index contributed by atoms with van der Waals surface area (Å²) in [4.78, 5) is 19.2. The Morgan fingerprint density at radius 3 is 2.96 bits per heavy atom. The maximum atomic E-state index is 12.9. The number of benzene rings is 1. The largest absolute Gasteiger partial charge is 0.497 e. The van der Waals surface area contributed by atoms with Gasteiger partial charge in [-0.2, -0.15) is 10.1 Å². The van der Waals surface area contributed by atoms with Crippen molar-refractivity contribution in [3.8, 4) is 17.0 Å². The highest BCUT2D eigenvalue weighted by atomic mass is 16.5. The Bertz CT molecular complexity index is 1010. The summed E-state index contributed by atoms with van der Waals surface area (Å²) >= 11 is 0. The van der Waals surface area contributed by atoms with E-state index in [9.17, 15) is 4.79 Å². The van der Waals surface area contributed by atoms with Crippen LogP contribution in [-0.4, -0.2) is 51.3 Å². The Hall–Kier alpha value is -3.16. The maximum absolute atomic E-state index is 12.9. The zero-order chi connectivity index (χ0) is 19.1. The number of nitrogens with zero attached hydrogens (tertiary/aromatic N) is 4. The molecule has 8 heteroatoms. The van der Waals surface area contributed by atoms with Crippen molar-refractivity contribution in [2.24, 2.45) is 0 Å². The lowest BCUT2D eigenvalue weighted by Gasteiger charge is -2.14. The number of aromatic nitrogens is 4. The summed E-state index contributed by atoms with van der Waals surface area (Å²) in [5, 5.41) is 11.2. The van der Waals surface area contributed by atoms with Crippen molar-refractivity contribution in [2.75, 3.05) is 20.2 Å². The Labute approximate surface area is 161 Å². The first-order valence-electron chi connectivity index (χ1n) is 9.54. The van der Waals surface area contributed by atoms with E-state index in [0.29, 0.717) is 36.3 Å². The second kappa shape index (κ2) is 6.78. The smallest absolute Gasteiger partial charge is 0.271 e. The summed E-state index contributed by atoms with van der Waals surface area (Å²) in [5.74, 6) is 2.73. The minimum absolute atomic E-state index is 0.0638. The first-order valence-corrected chi connectivity index (χ1v) is 9.54. The normalized spacial score (nSPS) is 19.2. The highest BCUT2D eigenvalue weighted by Crippen LogP contribution is 2.39. The average Bonchev–Trinajstić information content (AvgIpc) is 3.17. The first kappa shape index (κ1) is 17.0. The molecule has 5 rings (SSSR count). The van der Waals surface area contributed by atoms with Crippen LogP contribution in [-0.2, 0) is 0 Å². The number of carbonyl (C=O) groups excluding carboxylic acids is 1. The van der Waals surface area contributed by atoms with Gasteiger partial charge in [0.25, 0.3) is 5.91 Å². The maximum Gasteiger partial charge on any atom is 0.271 e. The third-order valence-corrected chi connectivity index (χ3v) is 5.40. The number of carbonyl (C=O) groups is 1. The second-order valence-corrected chi connectivity index (χ2v) is 7.40. The second-order valence-electron chi connectivity index (χ2n) is 7.40. The Morgan fingerprint density at radius 1 is 1.25 bits per heavy atom. The number of nitrogens with one attached hydrogen (secondary N) is 1. The van der Waals surface area contributed by atoms with Gasteiger partial charge in [0.05, 0.1) is 18.7 Å². The van der Waals surface area contributed by atoms with E-state index < -0.39 is 0 Å². The highest BCUT2D eigenvalue weighted by molar-refractivity contribution is 5.93. The molecule has 0 unspecified atom stereocenters. The molecule has 1 atom stereocenters. The summed E-state index contributed by atoms with van der Waals surface area (Å²) in [6, 6.07) is 9.38. The summed E-state index contributed by atoms with van der Waals surface area (Å²) < 4.78 is 10.7. The fraction of sp³-hybridized carbons (Fsp3) is 0.400.